The molecule has 0 fully saturated rings. The standard InChI is InChI=1S/C2H5ClO4/c1-2-7-3(4,5)6/h2H2,1H3. The lowest BCUT2D eigenvalue weighted by molar-refractivity contribution is -1.92. The molecule has 0 aromatic carbocycles. The van der Waals surface area contributed by atoms with Crippen molar-refractivity contribution in [3.63, 3.8) is 0 Å². The minimum atomic E-state index is -4.18. The first kappa shape index (κ1) is 7.13. The summed E-state index contributed by atoms with van der Waals surface area (Å²) in [6.07, 6.45) is 0. The highest BCUT2D eigenvalue weighted by Crippen LogP contribution is 1.83. The third-order valence-electron chi connectivity index (χ3n) is 0.243. The van der Waals surface area contributed by atoms with Crippen molar-refractivity contribution in [2.24, 2.45) is 0 Å². The van der Waals surface area contributed by atoms with Gasteiger partial charge in [-0.05, 0) is 6.92 Å². The number of hydrogen-bond donors (Lipinski definition) is 0. The summed E-state index contributed by atoms with van der Waals surface area (Å²) < 4.78 is 31.9. The fourth-order valence-corrected chi connectivity index (χ4v) is 0.401. The molecule has 0 N–H and O–H groups in total. The van der Waals surface area contributed by atoms with E-state index in [2.05, 4.69) is 4.29 Å². The van der Waals surface area contributed by atoms with E-state index in [0.29, 0.717) is 0 Å². The second-order valence-electron chi connectivity index (χ2n) is 0.776. The molecule has 0 aliphatic heterocycles. The summed E-state index contributed by atoms with van der Waals surface area (Å²) in [6.45, 7) is 1.32. The van der Waals surface area contributed by atoms with Gasteiger partial charge in [0.2, 0.25) is 6.61 Å². The maximum absolute atomic E-state index is 9.43. The van der Waals surface area contributed by atoms with Gasteiger partial charge in [-0.1, -0.05) is 0 Å². The van der Waals surface area contributed by atoms with Crippen molar-refractivity contribution < 1.29 is 28.5 Å². The summed E-state index contributed by atoms with van der Waals surface area (Å²) in [5.74, 6) is 0. The van der Waals surface area contributed by atoms with Crippen molar-refractivity contribution in [2.75, 3.05) is 6.61 Å². The lowest BCUT2D eigenvalue weighted by atomic mass is 10.9. The molecule has 0 atom stereocenters. The van der Waals surface area contributed by atoms with E-state index in [9.17, 15) is 14.0 Å². The topological polar surface area (TPSA) is 78.4 Å². The summed E-state index contributed by atoms with van der Waals surface area (Å²) in [6, 6.07) is 0. The van der Waals surface area contributed by atoms with Crippen LogP contribution < -0.4 is 14.0 Å². The molecule has 0 radical (unpaired) electrons. The van der Waals surface area contributed by atoms with Crippen LogP contribution in [-0.4, -0.2) is 6.61 Å². The molecule has 0 heterocycles. The van der Waals surface area contributed by atoms with E-state index in [1.54, 1.807) is 0 Å². The zero-order chi connectivity index (χ0) is 5.91. The summed E-state index contributed by atoms with van der Waals surface area (Å²) in [5.41, 5.74) is 0. The van der Waals surface area contributed by atoms with Crippen LogP contribution in [0, 0.1) is 10.2 Å². The van der Waals surface area contributed by atoms with Crippen molar-refractivity contribution in [1.82, 2.24) is 0 Å². The minimum Gasteiger partial charge on any atom is -0.183 e. The van der Waals surface area contributed by atoms with Gasteiger partial charge in [-0.2, -0.15) is 14.0 Å². The molecular formula is C2H5ClO4. The second kappa shape index (κ2) is 2.44. The Labute approximate surface area is 43.1 Å². The van der Waals surface area contributed by atoms with Gasteiger partial charge in [0.25, 0.3) is 0 Å². The van der Waals surface area contributed by atoms with E-state index in [4.69, 9.17) is 0 Å². The van der Waals surface area contributed by atoms with E-state index in [0.717, 1.165) is 0 Å². The van der Waals surface area contributed by atoms with E-state index >= 15 is 0 Å². The van der Waals surface area contributed by atoms with Gasteiger partial charge >= 0.3 is 0 Å². The molecule has 0 amide bonds. The first-order valence-corrected chi connectivity index (χ1v) is 2.85. The Morgan fingerprint density at radius 1 is 1.43 bits per heavy atom. The normalized spacial score (nSPS) is 12.0. The quantitative estimate of drug-likeness (QED) is 0.395. The van der Waals surface area contributed by atoms with Crippen molar-refractivity contribution in [1.29, 1.82) is 0 Å². The third kappa shape index (κ3) is 6.13. The highest BCUT2D eigenvalue weighted by atomic mass is 35.7. The lowest BCUT2D eigenvalue weighted by Crippen LogP contribution is -2.60. The molecule has 0 aliphatic rings. The second-order valence-corrected chi connectivity index (χ2v) is 1.75. The van der Waals surface area contributed by atoms with Gasteiger partial charge in [-0.3, -0.25) is 0 Å². The van der Waals surface area contributed by atoms with Crippen LogP contribution in [0.1, 0.15) is 6.92 Å². The molecule has 7 heavy (non-hydrogen) atoms. The molecule has 0 aromatic rings. The summed E-state index contributed by atoms with van der Waals surface area (Å²) in [7, 11) is -4.18. The van der Waals surface area contributed by atoms with Gasteiger partial charge in [-0.15, -0.1) is 0 Å². The van der Waals surface area contributed by atoms with Gasteiger partial charge in [0.15, 0.2) is 0 Å². The molecule has 0 unspecified atom stereocenters. The average molecular weight is 129 g/mol. The molecule has 44 valence electrons. The Balaban J connectivity index is 3.15. The minimum absolute atomic E-state index is 0.104. The van der Waals surface area contributed by atoms with Crippen LogP contribution in [0.3, 0.4) is 0 Å². The van der Waals surface area contributed by atoms with Crippen molar-refractivity contribution >= 4 is 0 Å². The Kier molecular flexibility index (Phi) is 2.49. The van der Waals surface area contributed by atoms with Crippen molar-refractivity contribution in [2.45, 2.75) is 6.92 Å². The van der Waals surface area contributed by atoms with E-state index in [1.807, 2.05) is 0 Å². The molecule has 0 aromatic heterocycles. The van der Waals surface area contributed by atoms with Crippen LogP contribution in [0.2, 0.25) is 0 Å². The summed E-state index contributed by atoms with van der Waals surface area (Å²) in [5, 5.41) is 0. The van der Waals surface area contributed by atoms with Crippen LogP contribution in [0.4, 0.5) is 0 Å². The Morgan fingerprint density at radius 2 is 1.86 bits per heavy atom. The van der Waals surface area contributed by atoms with Crippen molar-refractivity contribution in [3.05, 3.63) is 0 Å². The maximum atomic E-state index is 9.43. The highest BCUT2D eigenvalue weighted by Gasteiger charge is 2.12. The first-order chi connectivity index (χ1) is 3.06. The van der Waals surface area contributed by atoms with Gasteiger partial charge in [-0.25, -0.2) is 0 Å². The van der Waals surface area contributed by atoms with E-state index in [1.165, 1.54) is 6.92 Å². The Hall–Kier alpha value is 0.130. The van der Waals surface area contributed by atoms with Crippen LogP contribution in [-0.2, 0) is 4.29 Å². The van der Waals surface area contributed by atoms with Crippen molar-refractivity contribution in [3.8, 4) is 0 Å². The monoisotopic (exact) mass is 128 g/mol. The predicted octanol–water partition coefficient (Wildman–Crippen LogP) is -3.08. The van der Waals surface area contributed by atoms with E-state index < -0.39 is 10.2 Å². The number of rotatable bonds is 2. The predicted molar refractivity (Wildman–Crippen MR) is 11.6 cm³/mol. The largest absolute Gasteiger partial charge is 0.201 e. The van der Waals surface area contributed by atoms with Crippen LogP contribution in [0.5, 0.6) is 0 Å². The fraction of sp³-hybridized carbons (Fsp3) is 1.00. The smallest absolute Gasteiger partial charge is 0.183 e. The lowest BCUT2D eigenvalue weighted by Gasteiger charge is -2.10. The highest BCUT2D eigenvalue weighted by molar-refractivity contribution is 3.88. The molecule has 0 rings (SSSR count). The molecule has 0 spiro atoms. The molecule has 0 bridgehead atoms. The molecule has 0 saturated heterocycles. The van der Waals surface area contributed by atoms with Crippen LogP contribution in [0.25, 0.3) is 0 Å². The van der Waals surface area contributed by atoms with E-state index in [-0.39, 0.29) is 6.61 Å². The maximum Gasteiger partial charge on any atom is 0.201 e. The number of halogens is 1. The summed E-state index contributed by atoms with van der Waals surface area (Å²) >= 11 is 0. The summed E-state index contributed by atoms with van der Waals surface area (Å²) in [4.78, 5) is 0. The zero-order valence-corrected chi connectivity index (χ0v) is 4.47. The van der Waals surface area contributed by atoms with Gasteiger partial charge in [0.05, 0.1) is 14.5 Å². The molecule has 0 saturated carbocycles. The third-order valence-corrected chi connectivity index (χ3v) is 0.728. The van der Waals surface area contributed by atoms with Gasteiger partial charge < -0.3 is 0 Å². The molecule has 5 heteroatoms. The van der Waals surface area contributed by atoms with Gasteiger partial charge in [0, 0.05) is 0 Å². The molecule has 4 nitrogen and oxygen atoms in total. The zero-order valence-electron chi connectivity index (χ0n) is 3.72. The fourth-order valence-electron chi connectivity index (χ4n) is 0.134. The van der Waals surface area contributed by atoms with Crippen LogP contribution in [0.15, 0.2) is 0 Å². The van der Waals surface area contributed by atoms with Gasteiger partial charge in [0.1, 0.15) is 0 Å². The Bertz CT molecular complexity index is 48.1. The molecule has 0 aliphatic carbocycles. The Morgan fingerprint density at radius 3 is 1.86 bits per heavy atom. The average Bonchev–Trinajstić information content (AvgIpc) is 1.30. The molecular weight excluding hydrogens is 123 g/mol. The van der Waals surface area contributed by atoms with Crippen LogP contribution >= 0.6 is 0 Å². The first-order valence-electron chi connectivity index (χ1n) is 1.61. The number of hydrogen-bond acceptors (Lipinski definition) is 4. The SMILES string of the molecule is CCO[Cl+3]([O-])([O-])[O-].